The van der Waals surface area contributed by atoms with E-state index in [-0.39, 0.29) is 11.7 Å². The molecular weight excluding hydrogens is 228 g/mol. The second-order valence-electron chi connectivity index (χ2n) is 5.07. The first-order valence-electron chi connectivity index (χ1n) is 6.43. The van der Waals surface area contributed by atoms with Crippen molar-refractivity contribution < 1.29 is 14.7 Å². The Morgan fingerprint density at radius 3 is 2.44 bits per heavy atom. The number of carboxylic acids is 1. The summed E-state index contributed by atoms with van der Waals surface area (Å²) in [6.45, 7) is 1.94. The summed E-state index contributed by atoms with van der Waals surface area (Å²) in [4.78, 5) is 23.6. The Kier molecular flexibility index (Phi) is 3.80. The standard InChI is InChI=1S/C15H18O3/c1-10-5-4-6-11(9-10)14(16)12-7-2-3-8-13(12)15(17)18/h4-6,9,12-13H,2-3,7-8H2,1H3,(H,17,18)/t12-,13-/m1/s1. The summed E-state index contributed by atoms with van der Waals surface area (Å²) in [5.41, 5.74) is 1.68. The number of carbonyl (C=O) groups is 2. The lowest BCUT2D eigenvalue weighted by atomic mass is 9.75. The molecule has 3 heteroatoms. The zero-order valence-electron chi connectivity index (χ0n) is 10.6. The fraction of sp³-hybridized carbons (Fsp3) is 0.467. The molecule has 1 aromatic rings. The molecule has 0 heterocycles. The summed E-state index contributed by atoms with van der Waals surface area (Å²) in [5, 5.41) is 9.21. The van der Waals surface area contributed by atoms with Gasteiger partial charge in [-0.1, -0.05) is 36.6 Å². The third kappa shape index (κ3) is 2.61. The number of Topliss-reactive ketones (excluding diaryl/α,β-unsaturated/α-hetero) is 1. The molecule has 2 rings (SSSR count). The summed E-state index contributed by atoms with van der Waals surface area (Å²) in [6.07, 6.45) is 3.18. The van der Waals surface area contributed by atoms with Gasteiger partial charge in [0.2, 0.25) is 0 Å². The molecule has 1 N–H and O–H groups in total. The van der Waals surface area contributed by atoms with Crippen LogP contribution in [0.3, 0.4) is 0 Å². The Balaban J connectivity index is 2.23. The Hall–Kier alpha value is -1.64. The van der Waals surface area contributed by atoms with Crippen molar-refractivity contribution in [3.05, 3.63) is 35.4 Å². The minimum absolute atomic E-state index is 0.00852. The number of rotatable bonds is 3. The number of carbonyl (C=O) groups excluding carboxylic acids is 1. The molecule has 18 heavy (non-hydrogen) atoms. The van der Waals surface area contributed by atoms with Crippen molar-refractivity contribution in [1.29, 1.82) is 0 Å². The average molecular weight is 246 g/mol. The van der Waals surface area contributed by atoms with Gasteiger partial charge < -0.3 is 5.11 Å². The number of hydrogen-bond donors (Lipinski definition) is 1. The van der Waals surface area contributed by atoms with E-state index in [2.05, 4.69) is 0 Å². The number of carboxylic acid groups (broad SMARTS) is 1. The Bertz CT molecular complexity index is 465. The highest BCUT2D eigenvalue weighted by Gasteiger charge is 2.35. The number of aliphatic carboxylic acids is 1. The van der Waals surface area contributed by atoms with Crippen LogP contribution in [0.25, 0.3) is 0 Å². The van der Waals surface area contributed by atoms with Crippen molar-refractivity contribution in [3.63, 3.8) is 0 Å². The summed E-state index contributed by atoms with van der Waals surface area (Å²) >= 11 is 0. The second kappa shape index (κ2) is 5.34. The third-order valence-electron chi connectivity index (χ3n) is 3.72. The van der Waals surface area contributed by atoms with Crippen LogP contribution in [0.4, 0.5) is 0 Å². The van der Waals surface area contributed by atoms with E-state index in [1.54, 1.807) is 6.07 Å². The summed E-state index contributed by atoms with van der Waals surface area (Å²) in [6, 6.07) is 7.41. The van der Waals surface area contributed by atoms with Gasteiger partial charge >= 0.3 is 5.97 Å². The fourth-order valence-corrected chi connectivity index (χ4v) is 2.75. The van der Waals surface area contributed by atoms with Gasteiger partial charge in [0.1, 0.15) is 0 Å². The predicted octanol–water partition coefficient (Wildman–Crippen LogP) is 3.07. The van der Waals surface area contributed by atoms with Crippen molar-refractivity contribution in [2.24, 2.45) is 11.8 Å². The van der Waals surface area contributed by atoms with E-state index in [4.69, 9.17) is 0 Å². The SMILES string of the molecule is Cc1cccc(C(=O)[C@@H]2CCCC[C@H]2C(=O)O)c1. The van der Waals surface area contributed by atoms with Crippen LogP contribution in [0.2, 0.25) is 0 Å². The van der Waals surface area contributed by atoms with Crippen molar-refractivity contribution >= 4 is 11.8 Å². The highest BCUT2D eigenvalue weighted by atomic mass is 16.4. The van der Waals surface area contributed by atoms with E-state index in [0.29, 0.717) is 18.4 Å². The van der Waals surface area contributed by atoms with Crippen LogP contribution in [-0.2, 0) is 4.79 Å². The first-order valence-corrected chi connectivity index (χ1v) is 6.43. The number of aryl methyl sites for hydroxylation is 1. The van der Waals surface area contributed by atoms with Crippen LogP contribution in [0.15, 0.2) is 24.3 Å². The Labute approximate surface area is 107 Å². The lowest BCUT2D eigenvalue weighted by molar-refractivity contribution is -0.144. The predicted molar refractivity (Wildman–Crippen MR) is 68.6 cm³/mol. The van der Waals surface area contributed by atoms with Crippen LogP contribution in [-0.4, -0.2) is 16.9 Å². The molecule has 1 aliphatic rings. The maximum absolute atomic E-state index is 12.4. The maximum Gasteiger partial charge on any atom is 0.307 e. The first-order chi connectivity index (χ1) is 8.59. The quantitative estimate of drug-likeness (QED) is 0.834. The summed E-state index contributed by atoms with van der Waals surface area (Å²) in [5.74, 6) is -1.70. The highest BCUT2D eigenvalue weighted by molar-refractivity contribution is 6.00. The molecule has 0 saturated heterocycles. The maximum atomic E-state index is 12.4. The molecule has 1 fully saturated rings. The zero-order valence-corrected chi connectivity index (χ0v) is 10.6. The van der Waals surface area contributed by atoms with Crippen molar-refractivity contribution in [2.75, 3.05) is 0 Å². The van der Waals surface area contributed by atoms with Gasteiger partial charge in [0.15, 0.2) is 5.78 Å². The van der Waals surface area contributed by atoms with Crippen LogP contribution < -0.4 is 0 Å². The van der Waals surface area contributed by atoms with E-state index in [1.807, 2.05) is 25.1 Å². The van der Waals surface area contributed by atoms with Gasteiger partial charge in [-0.3, -0.25) is 9.59 Å². The molecule has 0 aliphatic heterocycles. The van der Waals surface area contributed by atoms with Gasteiger partial charge in [-0.2, -0.15) is 0 Å². The number of hydrogen-bond acceptors (Lipinski definition) is 2. The van der Waals surface area contributed by atoms with E-state index >= 15 is 0 Å². The highest BCUT2D eigenvalue weighted by Crippen LogP contribution is 2.32. The van der Waals surface area contributed by atoms with Crippen LogP contribution in [0.5, 0.6) is 0 Å². The van der Waals surface area contributed by atoms with Gasteiger partial charge in [0.05, 0.1) is 5.92 Å². The largest absolute Gasteiger partial charge is 0.481 e. The lowest BCUT2D eigenvalue weighted by Crippen LogP contribution is -2.32. The molecule has 0 spiro atoms. The number of benzene rings is 1. The molecule has 2 atom stereocenters. The van der Waals surface area contributed by atoms with Gasteiger partial charge in [0, 0.05) is 11.5 Å². The van der Waals surface area contributed by atoms with E-state index < -0.39 is 11.9 Å². The summed E-state index contributed by atoms with van der Waals surface area (Å²) < 4.78 is 0. The Morgan fingerprint density at radius 1 is 1.17 bits per heavy atom. The van der Waals surface area contributed by atoms with E-state index in [1.165, 1.54) is 0 Å². The minimum Gasteiger partial charge on any atom is -0.481 e. The molecule has 0 bridgehead atoms. The van der Waals surface area contributed by atoms with E-state index in [0.717, 1.165) is 18.4 Å². The molecule has 0 unspecified atom stereocenters. The van der Waals surface area contributed by atoms with E-state index in [9.17, 15) is 14.7 Å². The van der Waals surface area contributed by atoms with Gasteiger partial charge in [-0.15, -0.1) is 0 Å². The fourth-order valence-electron chi connectivity index (χ4n) is 2.75. The molecule has 0 amide bonds. The second-order valence-corrected chi connectivity index (χ2v) is 5.07. The lowest BCUT2D eigenvalue weighted by Gasteiger charge is -2.27. The van der Waals surface area contributed by atoms with Crippen molar-refractivity contribution in [3.8, 4) is 0 Å². The zero-order chi connectivity index (χ0) is 13.1. The molecule has 1 saturated carbocycles. The topological polar surface area (TPSA) is 54.4 Å². The average Bonchev–Trinajstić information content (AvgIpc) is 2.38. The molecule has 1 aromatic carbocycles. The Morgan fingerprint density at radius 2 is 1.83 bits per heavy atom. The normalized spacial score (nSPS) is 23.6. The van der Waals surface area contributed by atoms with Gasteiger partial charge in [-0.05, 0) is 25.8 Å². The minimum atomic E-state index is -0.833. The third-order valence-corrected chi connectivity index (χ3v) is 3.72. The van der Waals surface area contributed by atoms with Crippen molar-refractivity contribution in [1.82, 2.24) is 0 Å². The smallest absolute Gasteiger partial charge is 0.307 e. The van der Waals surface area contributed by atoms with Gasteiger partial charge in [-0.25, -0.2) is 0 Å². The first kappa shape index (κ1) is 12.8. The molecule has 0 aromatic heterocycles. The molecule has 0 radical (unpaired) electrons. The van der Waals surface area contributed by atoms with Crippen LogP contribution in [0.1, 0.15) is 41.6 Å². The molecule has 96 valence electrons. The number of ketones is 1. The molecule has 3 nitrogen and oxygen atoms in total. The molecule has 1 aliphatic carbocycles. The van der Waals surface area contributed by atoms with Crippen molar-refractivity contribution in [2.45, 2.75) is 32.6 Å². The van der Waals surface area contributed by atoms with Crippen LogP contribution in [0, 0.1) is 18.8 Å². The van der Waals surface area contributed by atoms with Crippen LogP contribution >= 0.6 is 0 Å². The molecular formula is C15H18O3. The van der Waals surface area contributed by atoms with Gasteiger partial charge in [0.25, 0.3) is 0 Å². The monoisotopic (exact) mass is 246 g/mol. The summed E-state index contributed by atoms with van der Waals surface area (Å²) in [7, 11) is 0.